The summed E-state index contributed by atoms with van der Waals surface area (Å²) in [5, 5.41) is 17.1. The Morgan fingerprint density at radius 1 is 1.10 bits per heavy atom. The molecule has 274 valence electrons. The predicted molar refractivity (Wildman–Crippen MR) is 191 cm³/mol. The third-order valence-corrected chi connectivity index (χ3v) is 11.2. The highest BCUT2D eigenvalue weighted by Gasteiger charge is 2.36. The summed E-state index contributed by atoms with van der Waals surface area (Å²) in [6, 6.07) is 3.07. The van der Waals surface area contributed by atoms with E-state index in [9.17, 15) is 29.3 Å². The molecule has 1 aromatic carbocycles. The Morgan fingerprint density at radius 3 is 2.35 bits per heavy atom. The quantitative estimate of drug-likeness (QED) is 0.104. The van der Waals surface area contributed by atoms with Gasteiger partial charge < -0.3 is 30.0 Å². The van der Waals surface area contributed by atoms with E-state index in [0.29, 0.717) is 22.7 Å². The van der Waals surface area contributed by atoms with Crippen LogP contribution < -0.4 is 10.6 Å². The van der Waals surface area contributed by atoms with Gasteiger partial charge in [0.2, 0.25) is 17.7 Å². The minimum absolute atomic E-state index is 0.0110. The average molecular weight is 726 g/mol. The van der Waals surface area contributed by atoms with Gasteiger partial charge in [-0.2, -0.15) is 0 Å². The van der Waals surface area contributed by atoms with Crippen molar-refractivity contribution in [3.8, 4) is 0 Å². The van der Waals surface area contributed by atoms with Gasteiger partial charge >= 0.3 is 6.09 Å². The van der Waals surface area contributed by atoms with Gasteiger partial charge in [-0.1, -0.05) is 44.9 Å². The Balaban J connectivity index is 1.99. The van der Waals surface area contributed by atoms with Crippen molar-refractivity contribution in [3.63, 3.8) is 0 Å². The standard InChI is InChI=1S/C32H51N7O8S2/c1-11-20(5)28(24(46-10)16-25(40)33-12-2)37(8)26(41)17-34-29(42)27(19(3)4)38(9)31(43)47-18-32(6,7)49-48-30-35-22-14-13-21(39(44)45)15-23(22)36-30/h13-15,19-20,24,27-28H,11-12,16-18H2,1-10H3,(H,33,40)(H,34,42)(H,35,36). The van der Waals surface area contributed by atoms with Crippen LogP contribution >= 0.6 is 21.6 Å². The summed E-state index contributed by atoms with van der Waals surface area (Å²) >= 11 is 0. The molecule has 49 heavy (non-hydrogen) atoms. The predicted octanol–water partition coefficient (Wildman–Crippen LogP) is 4.61. The minimum Gasteiger partial charge on any atom is -0.448 e. The van der Waals surface area contributed by atoms with Crippen LogP contribution in [0.15, 0.2) is 23.4 Å². The molecule has 3 N–H and O–H groups in total. The number of imidazole rings is 1. The van der Waals surface area contributed by atoms with Crippen LogP contribution in [0.1, 0.15) is 61.3 Å². The SMILES string of the molecule is CCNC(=O)CC(OC)C(C(C)CC)N(C)C(=O)CNC(=O)C(C(C)C)N(C)C(=O)OCC(C)(C)SSc1nc2ccc([N+](=O)[O-])cc2[nH]1. The number of nitrogens with zero attached hydrogens (tertiary/aromatic N) is 4. The monoisotopic (exact) mass is 725 g/mol. The zero-order chi connectivity index (χ0) is 37.1. The van der Waals surface area contributed by atoms with Gasteiger partial charge in [-0.25, -0.2) is 9.78 Å². The minimum atomic E-state index is -0.912. The molecular formula is C32H51N7O8S2. The number of non-ortho nitro benzene ring substituents is 1. The Bertz CT molecular complexity index is 1450. The molecular weight excluding hydrogens is 675 g/mol. The van der Waals surface area contributed by atoms with Crippen molar-refractivity contribution in [1.82, 2.24) is 30.4 Å². The summed E-state index contributed by atoms with van der Waals surface area (Å²) < 4.78 is 10.7. The van der Waals surface area contributed by atoms with Crippen molar-refractivity contribution >= 4 is 62.1 Å². The van der Waals surface area contributed by atoms with Crippen LogP contribution in [0.25, 0.3) is 11.0 Å². The summed E-state index contributed by atoms with van der Waals surface area (Å²) in [6.07, 6.45) is -0.407. The van der Waals surface area contributed by atoms with Crippen LogP contribution in [0.5, 0.6) is 0 Å². The maximum Gasteiger partial charge on any atom is 0.410 e. The van der Waals surface area contributed by atoms with E-state index in [1.807, 2.05) is 34.6 Å². The number of nitro groups is 1. The second-order valence-electron chi connectivity index (χ2n) is 12.8. The Kier molecular flexibility index (Phi) is 16.1. The van der Waals surface area contributed by atoms with Crippen molar-refractivity contribution in [2.75, 3.05) is 40.9 Å². The molecule has 4 amide bonds. The lowest BCUT2D eigenvalue weighted by Gasteiger charge is -2.38. The Hall–Kier alpha value is -3.57. The molecule has 2 aromatic rings. The maximum atomic E-state index is 13.4. The molecule has 0 spiro atoms. The molecule has 0 fully saturated rings. The lowest BCUT2D eigenvalue weighted by Crippen LogP contribution is -2.55. The van der Waals surface area contributed by atoms with Gasteiger partial charge in [0.15, 0.2) is 5.16 Å². The van der Waals surface area contributed by atoms with Crippen LogP contribution in [0.3, 0.4) is 0 Å². The number of aromatic amines is 1. The van der Waals surface area contributed by atoms with Crippen LogP contribution in [0, 0.1) is 22.0 Å². The number of carbonyl (C=O) groups excluding carboxylic acids is 4. The fourth-order valence-electron chi connectivity index (χ4n) is 5.27. The molecule has 0 aliphatic heterocycles. The Labute approximate surface area is 295 Å². The second kappa shape index (κ2) is 19.0. The number of ether oxygens (including phenoxy) is 2. The van der Waals surface area contributed by atoms with Gasteiger partial charge in [-0.15, -0.1) is 0 Å². The molecule has 0 bridgehead atoms. The highest BCUT2D eigenvalue weighted by atomic mass is 33.1. The van der Waals surface area contributed by atoms with Crippen molar-refractivity contribution in [3.05, 3.63) is 28.3 Å². The van der Waals surface area contributed by atoms with Gasteiger partial charge in [0.25, 0.3) is 5.69 Å². The molecule has 0 aliphatic rings. The molecule has 15 nitrogen and oxygen atoms in total. The number of aromatic nitrogens is 2. The van der Waals surface area contributed by atoms with Crippen molar-refractivity contribution < 1.29 is 33.6 Å². The summed E-state index contributed by atoms with van der Waals surface area (Å²) in [4.78, 5) is 73.0. The lowest BCUT2D eigenvalue weighted by atomic mass is 9.91. The summed E-state index contributed by atoms with van der Waals surface area (Å²) in [5.74, 6) is -1.32. The number of H-pyrrole nitrogens is 1. The second-order valence-corrected chi connectivity index (χ2v) is 15.6. The number of fused-ring (bicyclic) bond motifs is 1. The summed E-state index contributed by atoms with van der Waals surface area (Å²) in [5.41, 5.74) is 1.10. The number of nitro benzene ring substituents is 1. The third-order valence-electron chi connectivity index (χ3n) is 8.07. The van der Waals surface area contributed by atoms with Gasteiger partial charge in [0, 0.05) is 39.9 Å². The molecule has 0 saturated heterocycles. The highest BCUT2D eigenvalue weighted by Crippen LogP contribution is 2.40. The summed E-state index contributed by atoms with van der Waals surface area (Å²) in [6.45, 7) is 13.4. The largest absolute Gasteiger partial charge is 0.448 e. The number of hydrogen-bond acceptors (Lipinski definition) is 11. The van der Waals surface area contributed by atoms with Crippen LogP contribution in [0.4, 0.5) is 10.5 Å². The van der Waals surface area contributed by atoms with Crippen LogP contribution in [-0.4, -0.2) is 112 Å². The fraction of sp³-hybridized carbons (Fsp3) is 0.656. The van der Waals surface area contributed by atoms with Gasteiger partial charge in [0.05, 0.1) is 45.8 Å². The van der Waals surface area contributed by atoms with Crippen molar-refractivity contribution in [2.24, 2.45) is 11.8 Å². The molecule has 0 saturated carbocycles. The fourth-order valence-corrected chi connectivity index (χ4v) is 7.27. The number of nitrogens with one attached hydrogen (secondary N) is 3. The number of amides is 4. The van der Waals surface area contributed by atoms with E-state index >= 15 is 0 Å². The van der Waals surface area contributed by atoms with Gasteiger partial charge in [-0.05, 0) is 49.5 Å². The number of methoxy groups -OCH3 is 1. The third kappa shape index (κ3) is 12.1. The van der Waals surface area contributed by atoms with E-state index in [-0.39, 0.29) is 48.9 Å². The molecule has 4 atom stereocenters. The first kappa shape index (κ1) is 41.6. The molecule has 1 heterocycles. The number of likely N-dealkylation sites (N-methyl/N-ethyl adjacent to an activating group) is 2. The number of hydrogen-bond donors (Lipinski definition) is 3. The van der Waals surface area contributed by atoms with E-state index in [1.165, 1.54) is 57.7 Å². The summed E-state index contributed by atoms with van der Waals surface area (Å²) in [7, 11) is 7.34. The molecule has 1 aromatic heterocycles. The smallest absolute Gasteiger partial charge is 0.410 e. The van der Waals surface area contributed by atoms with E-state index in [0.717, 1.165) is 6.42 Å². The molecule has 2 rings (SSSR count). The zero-order valence-electron chi connectivity index (χ0n) is 30.0. The lowest BCUT2D eigenvalue weighted by molar-refractivity contribution is -0.384. The van der Waals surface area contributed by atoms with E-state index in [1.54, 1.807) is 27.0 Å². The Morgan fingerprint density at radius 2 is 1.78 bits per heavy atom. The first-order chi connectivity index (χ1) is 23.0. The normalized spacial score (nSPS) is 14.1. The maximum absolute atomic E-state index is 13.4. The van der Waals surface area contributed by atoms with E-state index in [4.69, 9.17) is 9.47 Å². The highest BCUT2D eigenvalue weighted by molar-refractivity contribution is 8.77. The molecule has 17 heteroatoms. The van der Waals surface area contributed by atoms with Crippen LogP contribution in [0.2, 0.25) is 0 Å². The van der Waals surface area contributed by atoms with Crippen molar-refractivity contribution in [1.29, 1.82) is 0 Å². The number of carbonyl (C=O) groups is 4. The zero-order valence-corrected chi connectivity index (χ0v) is 31.7. The molecule has 0 aliphatic carbocycles. The van der Waals surface area contributed by atoms with Gasteiger partial charge in [0.1, 0.15) is 12.6 Å². The first-order valence-corrected chi connectivity index (χ1v) is 18.3. The first-order valence-electron chi connectivity index (χ1n) is 16.2. The molecule has 0 radical (unpaired) electrons. The molecule has 4 unspecified atom stereocenters. The topological polar surface area (TPSA) is 189 Å². The van der Waals surface area contributed by atoms with E-state index < -0.39 is 39.9 Å². The number of rotatable bonds is 19. The van der Waals surface area contributed by atoms with E-state index in [2.05, 4.69) is 20.6 Å². The van der Waals surface area contributed by atoms with Crippen molar-refractivity contribution in [2.45, 2.75) is 89.4 Å². The average Bonchev–Trinajstić information content (AvgIpc) is 3.47. The van der Waals surface area contributed by atoms with Gasteiger partial charge in [-0.3, -0.25) is 29.4 Å². The number of benzene rings is 1. The van der Waals surface area contributed by atoms with Crippen LogP contribution in [-0.2, 0) is 23.9 Å².